The van der Waals surface area contributed by atoms with E-state index in [1.807, 2.05) is 0 Å². The van der Waals surface area contributed by atoms with Gasteiger partial charge in [0, 0.05) is 11.9 Å². The van der Waals surface area contributed by atoms with Crippen molar-refractivity contribution in [2.75, 3.05) is 25.3 Å². The van der Waals surface area contributed by atoms with Crippen molar-refractivity contribution in [1.29, 1.82) is 0 Å². The lowest BCUT2D eigenvalue weighted by Crippen LogP contribution is -2.01. The second kappa shape index (κ2) is 20.1. The average Bonchev–Trinajstić information content (AvgIpc) is 2.50. The van der Waals surface area contributed by atoms with Crippen LogP contribution in [0.5, 0.6) is 0 Å². The van der Waals surface area contributed by atoms with Gasteiger partial charge in [-0.2, -0.15) is 0 Å². The molecule has 2 nitrogen and oxygen atoms in total. The van der Waals surface area contributed by atoms with Gasteiger partial charge in [0.05, 0.1) is 6.61 Å². The molecule has 0 aromatic rings. The first-order chi connectivity index (χ1) is 10.4. The lowest BCUT2D eigenvalue weighted by Gasteiger charge is -2.02. The van der Waals surface area contributed by atoms with E-state index in [9.17, 15) is 0 Å². The molecule has 0 rings (SSSR count). The van der Waals surface area contributed by atoms with Gasteiger partial charge in [-0.25, -0.2) is 0 Å². The van der Waals surface area contributed by atoms with Crippen LogP contribution in [0, 0.1) is 0 Å². The van der Waals surface area contributed by atoms with Gasteiger partial charge < -0.3 is 9.47 Å². The van der Waals surface area contributed by atoms with Crippen LogP contribution in [0.15, 0.2) is 12.2 Å². The van der Waals surface area contributed by atoms with Crippen LogP contribution in [0.2, 0.25) is 0 Å². The zero-order valence-corrected chi connectivity index (χ0v) is 15.5. The maximum absolute atomic E-state index is 5.36. The van der Waals surface area contributed by atoms with Crippen LogP contribution in [0.3, 0.4) is 0 Å². The molecule has 0 amide bonds. The van der Waals surface area contributed by atoms with Crippen LogP contribution in [0.4, 0.5) is 0 Å². The highest BCUT2D eigenvalue weighted by Crippen LogP contribution is 2.10. The molecule has 0 spiro atoms. The third-order valence-electron chi connectivity index (χ3n) is 3.37. The SMILES string of the molecule is CCCOCOCCC=CCCCCCCCCCCBr. The molecule has 0 aromatic carbocycles. The Morgan fingerprint density at radius 3 is 1.95 bits per heavy atom. The minimum absolute atomic E-state index is 0.442. The van der Waals surface area contributed by atoms with Crippen molar-refractivity contribution in [3.63, 3.8) is 0 Å². The van der Waals surface area contributed by atoms with Gasteiger partial charge in [-0.05, 0) is 32.1 Å². The largest absolute Gasteiger partial charge is 0.355 e. The minimum atomic E-state index is 0.442. The maximum atomic E-state index is 5.36. The van der Waals surface area contributed by atoms with Crippen LogP contribution in [-0.4, -0.2) is 25.3 Å². The van der Waals surface area contributed by atoms with Gasteiger partial charge in [-0.3, -0.25) is 0 Å². The molecule has 3 heteroatoms. The van der Waals surface area contributed by atoms with E-state index < -0.39 is 0 Å². The van der Waals surface area contributed by atoms with E-state index in [1.54, 1.807) is 0 Å². The molecule has 0 aliphatic carbocycles. The third kappa shape index (κ3) is 20.1. The molecule has 0 fully saturated rings. The van der Waals surface area contributed by atoms with Crippen molar-refractivity contribution in [3.05, 3.63) is 12.2 Å². The fourth-order valence-electron chi connectivity index (χ4n) is 2.13. The molecule has 0 atom stereocenters. The van der Waals surface area contributed by atoms with Crippen LogP contribution in [0.1, 0.15) is 77.6 Å². The molecule has 0 radical (unpaired) electrons. The van der Waals surface area contributed by atoms with Crippen molar-refractivity contribution in [1.82, 2.24) is 0 Å². The number of hydrogen-bond acceptors (Lipinski definition) is 2. The van der Waals surface area contributed by atoms with Gasteiger partial charge in [-0.1, -0.05) is 73.5 Å². The van der Waals surface area contributed by atoms with Crippen molar-refractivity contribution >= 4 is 15.9 Å². The molecule has 126 valence electrons. The number of alkyl halides is 1. The topological polar surface area (TPSA) is 18.5 Å². The monoisotopic (exact) mass is 362 g/mol. The number of ether oxygens (including phenoxy) is 2. The highest BCUT2D eigenvalue weighted by atomic mass is 79.9. The standard InChI is InChI=1S/C18H35BrO2/c1-2-16-20-18-21-17-14-12-10-8-6-4-3-5-7-9-11-13-15-19/h10,12H,2-9,11,13-18H2,1H3. The van der Waals surface area contributed by atoms with E-state index in [0.717, 1.165) is 31.4 Å². The van der Waals surface area contributed by atoms with Gasteiger partial charge in [0.1, 0.15) is 6.79 Å². The van der Waals surface area contributed by atoms with E-state index in [4.69, 9.17) is 9.47 Å². The summed E-state index contributed by atoms with van der Waals surface area (Å²) in [7, 11) is 0. The first kappa shape index (κ1) is 21.1. The van der Waals surface area contributed by atoms with Gasteiger partial charge in [0.25, 0.3) is 0 Å². The predicted molar refractivity (Wildman–Crippen MR) is 96.2 cm³/mol. The van der Waals surface area contributed by atoms with Crippen molar-refractivity contribution in [3.8, 4) is 0 Å². The molecule has 0 saturated heterocycles. The van der Waals surface area contributed by atoms with Crippen LogP contribution in [0.25, 0.3) is 0 Å². The molecule has 0 unspecified atom stereocenters. The normalized spacial score (nSPS) is 11.5. The van der Waals surface area contributed by atoms with Gasteiger partial charge in [0.2, 0.25) is 0 Å². The van der Waals surface area contributed by atoms with Crippen molar-refractivity contribution < 1.29 is 9.47 Å². The zero-order valence-electron chi connectivity index (χ0n) is 14.0. The molecule has 0 aromatic heterocycles. The van der Waals surface area contributed by atoms with Gasteiger partial charge >= 0.3 is 0 Å². The Kier molecular flexibility index (Phi) is 20.3. The van der Waals surface area contributed by atoms with Crippen molar-refractivity contribution in [2.24, 2.45) is 0 Å². The molecule has 0 heterocycles. The summed E-state index contributed by atoms with van der Waals surface area (Å²) >= 11 is 3.48. The number of hydrogen-bond donors (Lipinski definition) is 0. The Balaban J connectivity index is 3.02. The maximum Gasteiger partial charge on any atom is 0.146 e. The third-order valence-corrected chi connectivity index (χ3v) is 3.93. The quantitative estimate of drug-likeness (QED) is 0.132. The number of rotatable bonds is 17. The molecule has 21 heavy (non-hydrogen) atoms. The Morgan fingerprint density at radius 2 is 1.29 bits per heavy atom. The Morgan fingerprint density at radius 1 is 0.714 bits per heavy atom. The lowest BCUT2D eigenvalue weighted by molar-refractivity contribution is -0.0519. The summed E-state index contributed by atoms with van der Waals surface area (Å²) in [6.45, 7) is 4.12. The highest BCUT2D eigenvalue weighted by Gasteiger charge is 1.91. The summed E-state index contributed by atoms with van der Waals surface area (Å²) in [6.07, 6.45) is 18.9. The first-order valence-electron chi connectivity index (χ1n) is 8.78. The second-order valence-electron chi connectivity index (χ2n) is 5.50. The van der Waals surface area contributed by atoms with Gasteiger partial charge in [-0.15, -0.1) is 0 Å². The molecule has 0 saturated carbocycles. The highest BCUT2D eigenvalue weighted by molar-refractivity contribution is 9.09. The molecule has 0 bridgehead atoms. The number of halogens is 1. The number of allylic oxidation sites excluding steroid dienone is 1. The summed E-state index contributed by atoms with van der Waals surface area (Å²) in [5.74, 6) is 0. The van der Waals surface area contributed by atoms with E-state index in [1.165, 1.54) is 57.8 Å². The molecular formula is C18H35BrO2. The summed E-state index contributed by atoms with van der Waals surface area (Å²) < 4.78 is 10.6. The van der Waals surface area contributed by atoms with Crippen LogP contribution >= 0.6 is 15.9 Å². The van der Waals surface area contributed by atoms with E-state index in [0.29, 0.717) is 6.79 Å². The Hall–Kier alpha value is 0.140. The minimum Gasteiger partial charge on any atom is -0.355 e. The summed E-state index contributed by atoms with van der Waals surface area (Å²) in [5, 5.41) is 1.16. The van der Waals surface area contributed by atoms with E-state index >= 15 is 0 Å². The number of unbranched alkanes of at least 4 members (excludes halogenated alkanes) is 8. The van der Waals surface area contributed by atoms with Gasteiger partial charge in [0.15, 0.2) is 0 Å². The van der Waals surface area contributed by atoms with E-state index in [-0.39, 0.29) is 0 Å². The summed E-state index contributed by atoms with van der Waals surface area (Å²) in [4.78, 5) is 0. The van der Waals surface area contributed by atoms with Crippen molar-refractivity contribution in [2.45, 2.75) is 77.6 Å². The van der Waals surface area contributed by atoms with E-state index in [2.05, 4.69) is 35.0 Å². The lowest BCUT2D eigenvalue weighted by atomic mass is 10.1. The Labute approximate surface area is 140 Å². The first-order valence-corrected chi connectivity index (χ1v) is 9.90. The van der Waals surface area contributed by atoms with Crippen LogP contribution < -0.4 is 0 Å². The fraction of sp³-hybridized carbons (Fsp3) is 0.889. The van der Waals surface area contributed by atoms with Crippen LogP contribution in [-0.2, 0) is 9.47 Å². The summed E-state index contributed by atoms with van der Waals surface area (Å²) in [6, 6.07) is 0. The smallest absolute Gasteiger partial charge is 0.146 e. The Bertz CT molecular complexity index is 207. The predicted octanol–water partition coefficient (Wildman–Crippen LogP) is 6.24. The second-order valence-corrected chi connectivity index (χ2v) is 6.29. The zero-order chi connectivity index (χ0) is 15.4. The molecule has 0 aliphatic rings. The molecular weight excluding hydrogens is 328 g/mol. The molecule has 0 N–H and O–H groups in total. The molecule has 0 aliphatic heterocycles. The average molecular weight is 363 g/mol. The fourth-order valence-corrected chi connectivity index (χ4v) is 2.52. The summed E-state index contributed by atoms with van der Waals surface area (Å²) in [5.41, 5.74) is 0.